The molecule has 0 saturated carbocycles. The fourth-order valence-electron chi connectivity index (χ4n) is 3.50. The van der Waals surface area contributed by atoms with E-state index in [1.807, 2.05) is 14.0 Å². The maximum Gasteiger partial charge on any atom is 0.256 e. The molecule has 3 rings (SSSR count). The monoisotopic (exact) mass is 333 g/mol. The molecule has 132 valence electrons. The van der Waals surface area contributed by atoms with Crippen LogP contribution in [0.4, 0.5) is 0 Å². The highest BCUT2D eigenvalue weighted by Crippen LogP contribution is 2.17. The predicted molar refractivity (Wildman–Crippen MR) is 92.3 cm³/mol. The second kappa shape index (κ2) is 7.49. The van der Waals surface area contributed by atoms with Crippen LogP contribution < -0.4 is 10.7 Å². The zero-order chi connectivity index (χ0) is 17.1. The first kappa shape index (κ1) is 17.2. The Kier molecular flexibility index (Phi) is 5.36. The molecule has 0 aliphatic carbocycles. The van der Waals surface area contributed by atoms with Gasteiger partial charge in [-0.15, -0.1) is 0 Å². The van der Waals surface area contributed by atoms with Crippen LogP contribution in [0.3, 0.4) is 0 Å². The maximum absolute atomic E-state index is 12.4. The zero-order valence-electron chi connectivity index (χ0n) is 14.6. The third kappa shape index (κ3) is 4.05. The molecular weight excluding hydrogens is 306 g/mol. The molecule has 0 radical (unpaired) electrons. The van der Waals surface area contributed by atoms with E-state index in [4.69, 9.17) is 4.74 Å². The predicted octanol–water partition coefficient (Wildman–Crippen LogP) is 1.07. The van der Waals surface area contributed by atoms with Crippen LogP contribution in [0.25, 0.3) is 0 Å². The topological polar surface area (TPSA) is 63.6 Å². The van der Waals surface area contributed by atoms with Gasteiger partial charge in [0.05, 0.1) is 6.10 Å². The van der Waals surface area contributed by atoms with Crippen LogP contribution >= 0.6 is 0 Å². The van der Waals surface area contributed by atoms with Crippen LogP contribution in [0.2, 0.25) is 0 Å². The molecule has 24 heavy (non-hydrogen) atoms. The number of rotatable bonds is 4. The van der Waals surface area contributed by atoms with Gasteiger partial charge in [0.2, 0.25) is 0 Å². The summed E-state index contributed by atoms with van der Waals surface area (Å²) in [5.74, 6) is -0.256. The van der Waals surface area contributed by atoms with Crippen LogP contribution in [0.15, 0.2) is 17.1 Å². The van der Waals surface area contributed by atoms with Crippen molar-refractivity contribution < 1.29 is 9.53 Å². The fourth-order valence-corrected chi connectivity index (χ4v) is 3.50. The van der Waals surface area contributed by atoms with E-state index >= 15 is 0 Å². The number of amides is 1. The molecule has 2 aliphatic heterocycles. The third-order valence-corrected chi connectivity index (χ3v) is 5.14. The molecule has 1 amide bonds. The number of nitrogens with zero attached hydrogens (tertiary/aromatic N) is 2. The van der Waals surface area contributed by atoms with Crippen molar-refractivity contribution in [1.29, 1.82) is 0 Å². The van der Waals surface area contributed by atoms with E-state index in [0.29, 0.717) is 6.10 Å². The Bertz CT molecular complexity index is 641. The summed E-state index contributed by atoms with van der Waals surface area (Å²) in [7, 11) is 1.84. The lowest BCUT2D eigenvalue weighted by atomic mass is 10.0. The Morgan fingerprint density at radius 1 is 1.33 bits per heavy atom. The Morgan fingerprint density at radius 3 is 2.75 bits per heavy atom. The lowest BCUT2D eigenvalue weighted by molar-refractivity contribution is 0.0612. The fraction of sp³-hybridized carbons (Fsp3) is 0.667. The first-order valence-corrected chi connectivity index (χ1v) is 8.85. The minimum atomic E-state index is -0.256. The molecule has 6 nitrogen and oxygen atoms in total. The Balaban J connectivity index is 1.51. The summed E-state index contributed by atoms with van der Waals surface area (Å²) in [6.45, 7) is 5.68. The lowest BCUT2D eigenvalue weighted by Crippen LogP contribution is -2.47. The quantitative estimate of drug-likeness (QED) is 0.895. The summed E-state index contributed by atoms with van der Waals surface area (Å²) < 4.78 is 7.50. The van der Waals surface area contributed by atoms with E-state index in [-0.39, 0.29) is 22.9 Å². The molecule has 0 spiro atoms. The third-order valence-electron chi connectivity index (χ3n) is 5.14. The van der Waals surface area contributed by atoms with Crippen LogP contribution in [0, 0.1) is 6.92 Å². The molecule has 1 N–H and O–H groups in total. The van der Waals surface area contributed by atoms with Crippen LogP contribution in [-0.4, -0.2) is 53.8 Å². The summed E-state index contributed by atoms with van der Waals surface area (Å²) in [6.07, 6.45) is 6.18. The molecule has 1 aromatic heterocycles. The van der Waals surface area contributed by atoms with Gasteiger partial charge in [-0.05, 0) is 32.6 Å². The normalized spacial score (nSPS) is 22.7. The highest BCUT2D eigenvalue weighted by molar-refractivity contribution is 5.94. The number of pyridine rings is 1. The van der Waals surface area contributed by atoms with Gasteiger partial charge in [0.15, 0.2) is 5.43 Å². The Hall–Kier alpha value is -1.66. The zero-order valence-corrected chi connectivity index (χ0v) is 14.6. The molecule has 2 fully saturated rings. The van der Waals surface area contributed by atoms with Crippen molar-refractivity contribution in [2.75, 3.05) is 26.2 Å². The highest BCUT2D eigenvalue weighted by atomic mass is 16.5. The van der Waals surface area contributed by atoms with E-state index < -0.39 is 0 Å². The van der Waals surface area contributed by atoms with Crippen molar-refractivity contribution >= 4 is 5.91 Å². The molecular formula is C18H27N3O3. The van der Waals surface area contributed by atoms with E-state index in [1.165, 1.54) is 12.5 Å². The molecule has 3 heterocycles. The van der Waals surface area contributed by atoms with Crippen molar-refractivity contribution in [3.8, 4) is 0 Å². The van der Waals surface area contributed by atoms with Crippen molar-refractivity contribution in [1.82, 2.24) is 14.8 Å². The number of aromatic nitrogens is 1. The number of piperidine rings is 1. The minimum Gasteiger partial charge on any atom is -0.377 e. The van der Waals surface area contributed by atoms with Crippen molar-refractivity contribution in [3.63, 3.8) is 0 Å². The second-order valence-corrected chi connectivity index (χ2v) is 6.99. The molecule has 2 aliphatic rings. The van der Waals surface area contributed by atoms with Gasteiger partial charge in [-0.3, -0.25) is 9.59 Å². The number of carbonyl (C=O) groups excluding carboxylic acids is 1. The van der Waals surface area contributed by atoms with Crippen molar-refractivity contribution in [2.24, 2.45) is 7.05 Å². The number of likely N-dealkylation sites (tertiary alicyclic amines) is 1. The number of carbonyl (C=O) groups is 1. The standard InChI is InChI=1S/C18H27N3O3/c1-13-10-17(22)16(12-20(13)2)18(23)19-14-5-7-21(8-6-14)11-15-4-3-9-24-15/h10,12,14-15H,3-9,11H2,1-2H3,(H,19,23)/t15-/m0/s1. The van der Waals surface area contributed by atoms with Crippen LogP contribution in [0.1, 0.15) is 41.7 Å². The molecule has 1 aromatic rings. The summed E-state index contributed by atoms with van der Waals surface area (Å²) in [4.78, 5) is 26.8. The summed E-state index contributed by atoms with van der Waals surface area (Å²) >= 11 is 0. The number of nitrogens with one attached hydrogen (secondary N) is 1. The first-order valence-electron chi connectivity index (χ1n) is 8.85. The average Bonchev–Trinajstić information content (AvgIpc) is 3.05. The summed E-state index contributed by atoms with van der Waals surface area (Å²) in [5.41, 5.74) is 0.864. The van der Waals surface area contributed by atoms with Crippen molar-refractivity contribution in [2.45, 2.75) is 44.8 Å². The number of aryl methyl sites for hydroxylation is 2. The van der Waals surface area contributed by atoms with Gasteiger partial charge in [-0.1, -0.05) is 0 Å². The number of hydrogen-bond donors (Lipinski definition) is 1. The van der Waals surface area contributed by atoms with Gasteiger partial charge in [0.25, 0.3) is 5.91 Å². The molecule has 2 saturated heterocycles. The molecule has 0 bridgehead atoms. The van der Waals surface area contributed by atoms with E-state index in [9.17, 15) is 9.59 Å². The van der Waals surface area contributed by atoms with Gasteiger partial charge in [-0.25, -0.2) is 0 Å². The van der Waals surface area contributed by atoms with Crippen LogP contribution in [0.5, 0.6) is 0 Å². The van der Waals surface area contributed by atoms with Gasteiger partial charge < -0.3 is 19.5 Å². The Morgan fingerprint density at radius 2 is 2.08 bits per heavy atom. The second-order valence-electron chi connectivity index (χ2n) is 6.99. The van der Waals surface area contributed by atoms with Gasteiger partial charge in [-0.2, -0.15) is 0 Å². The highest BCUT2D eigenvalue weighted by Gasteiger charge is 2.25. The summed E-state index contributed by atoms with van der Waals surface area (Å²) in [5, 5.41) is 3.03. The average molecular weight is 333 g/mol. The molecule has 0 unspecified atom stereocenters. The number of hydrogen-bond acceptors (Lipinski definition) is 4. The lowest BCUT2D eigenvalue weighted by Gasteiger charge is -2.33. The molecule has 1 atom stereocenters. The number of ether oxygens (including phenoxy) is 1. The van der Waals surface area contributed by atoms with Gasteiger partial charge in [0.1, 0.15) is 5.56 Å². The summed E-state index contributed by atoms with van der Waals surface area (Å²) in [6, 6.07) is 1.66. The van der Waals surface area contributed by atoms with Crippen LogP contribution in [-0.2, 0) is 11.8 Å². The van der Waals surface area contributed by atoms with Gasteiger partial charge >= 0.3 is 0 Å². The van der Waals surface area contributed by atoms with Crippen molar-refractivity contribution in [3.05, 3.63) is 33.7 Å². The van der Waals surface area contributed by atoms with E-state index in [1.54, 1.807) is 10.8 Å². The molecule has 6 heteroatoms. The van der Waals surface area contributed by atoms with Gasteiger partial charge in [0, 0.05) is 57.3 Å². The SMILES string of the molecule is Cc1cc(=O)c(C(=O)NC2CCN(C[C@@H]3CCCO3)CC2)cn1C. The maximum atomic E-state index is 12.4. The van der Waals surface area contributed by atoms with E-state index in [0.717, 1.165) is 51.2 Å². The Labute approximate surface area is 142 Å². The smallest absolute Gasteiger partial charge is 0.256 e. The first-order chi connectivity index (χ1) is 11.5. The largest absolute Gasteiger partial charge is 0.377 e. The van der Waals surface area contributed by atoms with E-state index in [2.05, 4.69) is 10.2 Å². The molecule has 0 aromatic carbocycles. The minimum absolute atomic E-state index is 0.143.